The van der Waals surface area contributed by atoms with E-state index in [1.807, 2.05) is 0 Å². The summed E-state index contributed by atoms with van der Waals surface area (Å²) in [5.74, 6) is -0.178. The molecule has 2 aromatic carbocycles. The van der Waals surface area contributed by atoms with Gasteiger partial charge >= 0.3 is 12.4 Å². The van der Waals surface area contributed by atoms with Crippen LogP contribution in [0.4, 0.5) is 30.7 Å². The van der Waals surface area contributed by atoms with Crippen LogP contribution in [-0.4, -0.2) is 42.9 Å². The molecule has 10 heteroatoms. The van der Waals surface area contributed by atoms with Gasteiger partial charge in [-0.3, -0.25) is 4.90 Å². The normalized spacial score (nSPS) is 16.5. The van der Waals surface area contributed by atoms with Crippen LogP contribution in [0.3, 0.4) is 0 Å². The first-order chi connectivity index (χ1) is 14.0. The Morgan fingerprint density at radius 3 is 1.77 bits per heavy atom. The molecule has 166 valence electrons. The average Bonchev–Trinajstić information content (AvgIpc) is 2.68. The first-order valence-corrected chi connectivity index (χ1v) is 8.95. The van der Waals surface area contributed by atoms with Gasteiger partial charge in [0.2, 0.25) is 0 Å². The van der Waals surface area contributed by atoms with Crippen LogP contribution in [0, 0.1) is 5.82 Å². The summed E-state index contributed by atoms with van der Waals surface area (Å²) >= 11 is 0. The van der Waals surface area contributed by atoms with Crippen molar-refractivity contribution in [1.82, 2.24) is 4.90 Å². The lowest BCUT2D eigenvalue weighted by Gasteiger charge is -2.29. The van der Waals surface area contributed by atoms with Crippen molar-refractivity contribution in [1.29, 1.82) is 0 Å². The van der Waals surface area contributed by atoms with Gasteiger partial charge in [-0.2, -0.15) is 26.3 Å². The number of morpholine rings is 1. The van der Waals surface area contributed by atoms with E-state index in [-0.39, 0.29) is 18.4 Å². The zero-order valence-electron chi connectivity index (χ0n) is 15.7. The fourth-order valence-corrected chi connectivity index (χ4v) is 2.72. The molecule has 0 amide bonds. The number of hydrogen-bond donors (Lipinski definition) is 1. The van der Waals surface area contributed by atoms with E-state index >= 15 is 0 Å². The molecule has 0 saturated carbocycles. The minimum atomic E-state index is -4.92. The number of aliphatic hydroxyl groups excluding tert-OH is 1. The summed E-state index contributed by atoms with van der Waals surface area (Å²) in [6.45, 7) is 1.68. The van der Waals surface area contributed by atoms with Crippen LogP contribution in [0.1, 0.15) is 22.8 Å². The summed E-state index contributed by atoms with van der Waals surface area (Å²) in [7, 11) is 0. The summed E-state index contributed by atoms with van der Waals surface area (Å²) in [6, 6.07) is 9.10. The van der Waals surface area contributed by atoms with Gasteiger partial charge in [0.1, 0.15) is 5.82 Å². The van der Waals surface area contributed by atoms with Crippen LogP contribution in [0.2, 0.25) is 0 Å². The monoisotopic (exact) mass is 439 g/mol. The maximum Gasteiger partial charge on any atom is 0.416 e. The van der Waals surface area contributed by atoms with E-state index in [4.69, 9.17) is 4.74 Å². The first kappa shape index (κ1) is 24.1. The van der Waals surface area contributed by atoms with Crippen LogP contribution < -0.4 is 0 Å². The third kappa shape index (κ3) is 7.58. The van der Waals surface area contributed by atoms with Crippen molar-refractivity contribution in [3.05, 3.63) is 71.0 Å². The number of benzene rings is 2. The molecule has 0 spiro atoms. The number of ether oxygens (including phenoxy) is 1. The number of aliphatic hydroxyl groups is 1. The van der Waals surface area contributed by atoms with E-state index < -0.39 is 35.1 Å². The van der Waals surface area contributed by atoms with E-state index in [0.29, 0.717) is 38.4 Å². The molecule has 0 bridgehead atoms. The molecular weight excluding hydrogens is 419 g/mol. The Morgan fingerprint density at radius 1 is 0.867 bits per heavy atom. The summed E-state index contributed by atoms with van der Waals surface area (Å²) in [6.07, 6.45) is -11.3. The molecule has 0 aromatic heterocycles. The molecular formula is C20H20F7NO2. The van der Waals surface area contributed by atoms with Gasteiger partial charge < -0.3 is 9.84 Å². The number of rotatable bonds is 3. The van der Waals surface area contributed by atoms with Gasteiger partial charge in [0.15, 0.2) is 0 Å². The van der Waals surface area contributed by atoms with E-state index in [9.17, 15) is 35.8 Å². The Balaban J connectivity index is 0.000000386. The molecule has 3 nitrogen and oxygen atoms in total. The number of β-amino-alcohol motifs (C(OH)–C–C–N with tert-alkyl or cyclic N) is 1. The maximum absolute atomic E-state index is 12.8. The zero-order valence-corrected chi connectivity index (χ0v) is 15.7. The molecule has 3 rings (SSSR count). The quantitative estimate of drug-likeness (QED) is 0.690. The van der Waals surface area contributed by atoms with E-state index in [1.165, 1.54) is 12.1 Å². The molecule has 30 heavy (non-hydrogen) atoms. The molecule has 1 N–H and O–H groups in total. The second-order valence-electron chi connectivity index (χ2n) is 6.56. The highest BCUT2D eigenvalue weighted by molar-refractivity contribution is 5.35. The number of nitrogens with zero attached hydrogens (tertiary/aromatic N) is 1. The zero-order chi connectivity index (χ0) is 22.4. The number of hydrogen-bond acceptors (Lipinski definition) is 3. The van der Waals surface area contributed by atoms with Gasteiger partial charge in [-0.15, -0.1) is 0 Å². The van der Waals surface area contributed by atoms with Crippen LogP contribution in [0.25, 0.3) is 0 Å². The van der Waals surface area contributed by atoms with Gasteiger partial charge in [0, 0.05) is 19.6 Å². The molecule has 1 atom stereocenters. The molecule has 2 aromatic rings. The molecule has 1 heterocycles. The highest BCUT2D eigenvalue weighted by Gasteiger charge is 2.37. The van der Waals surface area contributed by atoms with Gasteiger partial charge in [0.05, 0.1) is 30.4 Å². The van der Waals surface area contributed by atoms with Crippen LogP contribution in [0.5, 0.6) is 0 Å². The Morgan fingerprint density at radius 2 is 1.37 bits per heavy atom. The smallest absolute Gasteiger partial charge is 0.387 e. The van der Waals surface area contributed by atoms with Gasteiger partial charge in [-0.25, -0.2) is 4.39 Å². The summed E-state index contributed by atoms with van der Waals surface area (Å²) in [5, 5.41) is 10.0. The van der Waals surface area contributed by atoms with Crippen LogP contribution in [0.15, 0.2) is 48.5 Å². The van der Waals surface area contributed by atoms with Crippen molar-refractivity contribution in [3.63, 3.8) is 0 Å². The Bertz CT molecular complexity index is 756. The highest BCUT2D eigenvalue weighted by atomic mass is 19.4. The lowest BCUT2D eigenvalue weighted by molar-refractivity contribution is -0.143. The molecule has 1 unspecified atom stereocenters. The lowest BCUT2D eigenvalue weighted by Crippen LogP contribution is -2.38. The highest BCUT2D eigenvalue weighted by Crippen LogP contribution is 2.37. The minimum Gasteiger partial charge on any atom is -0.387 e. The van der Waals surface area contributed by atoms with Crippen LogP contribution in [-0.2, 0) is 17.1 Å². The van der Waals surface area contributed by atoms with Crippen molar-refractivity contribution in [3.8, 4) is 0 Å². The SMILES string of the molecule is Fc1ccccc1.OC(CN1CCOCC1)c1cc(C(F)(F)F)cc(C(F)(F)F)c1. The third-order valence-corrected chi connectivity index (χ3v) is 4.26. The van der Waals surface area contributed by atoms with Crippen molar-refractivity contribution in [2.75, 3.05) is 32.8 Å². The van der Waals surface area contributed by atoms with E-state index in [1.54, 1.807) is 23.1 Å². The third-order valence-electron chi connectivity index (χ3n) is 4.26. The molecule has 0 aliphatic carbocycles. The van der Waals surface area contributed by atoms with Crippen molar-refractivity contribution in [2.45, 2.75) is 18.5 Å². The predicted molar refractivity (Wildman–Crippen MR) is 95.1 cm³/mol. The number of halogens is 7. The van der Waals surface area contributed by atoms with E-state index in [0.717, 1.165) is 0 Å². The summed E-state index contributed by atoms with van der Waals surface area (Å²) < 4.78 is 93.7. The van der Waals surface area contributed by atoms with Crippen molar-refractivity contribution in [2.24, 2.45) is 0 Å². The summed E-state index contributed by atoms with van der Waals surface area (Å²) in [5.41, 5.74) is -3.26. The van der Waals surface area contributed by atoms with E-state index in [2.05, 4.69) is 0 Å². The minimum absolute atomic E-state index is 0.0466. The average molecular weight is 439 g/mol. The lowest BCUT2D eigenvalue weighted by atomic mass is 10.0. The Labute approximate surface area is 168 Å². The first-order valence-electron chi connectivity index (χ1n) is 8.95. The van der Waals surface area contributed by atoms with Crippen molar-refractivity contribution < 1.29 is 40.6 Å². The van der Waals surface area contributed by atoms with Gasteiger partial charge in [-0.1, -0.05) is 18.2 Å². The van der Waals surface area contributed by atoms with Crippen molar-refractivity contribution >= 4 is 0 Å². The van der Waals surface area contributed by atoms with Gasteiger partial charge in [0.25, 0.3) is 0 Å². The Kier molecular flexibility index (Phi) is 8.22. The Hall–Kier alpha value is -2.17. The molecule has 1 aliphatic rings. The number of alkyl halides is 6. The second-order valence-corrected chi connectivity index (χ2v) is 6.56. The molecule has 0 radical (unpaired) electrons. The fraction of sp³-hybridized carbons (Fsp3) is 0.400. The standard InChI is InChI=1S/C14H15F6NO2.C6H5F/c15-13(16,17)10-5-9(6-11(7-10)14(18,19)20)12(22)8-21-1-3-23-4-2-21;7-6-4-2-1-3-5-6/h5-7,12,22H,1-4,8H2;1-5H. The molecule has 1 saturated heterocycles. The molecule has 1 aliphatic heterocycles. The second kappa shape index (κ2) is 10.2. The summed E-state index contributed by atoms with van der Waals surface area (Å²) in [4.78, 5) is 1.72. The molecule has 1 fully saturated rings. The fourth-order valence-electron chi connectivity index (χ4n) is 2.72. The predicted octanol–water partition coefficient (Wildman–Crippen LogP) is 4.92. The van der Waals surface area contributed by atoms with Gasteiger partial charge in [-0.05, 0) is 35.9 Å². The maximum atomic E-state index is 12.8. The van der Waals surface area contributed by atoms with Crippen LogP contribution >= 0.6 is 0 Å². The topological polar surface area (TPSA) is 32.7 Å². The largest absolute Gasteiger partial charge is 0.416 e.